The van der Waals surface area contributed by atoms with Crippen LogP contribution >= 0.6 is 0 Å². The van der Waals surface area contributed by atoms with E-state index in [2.05, 4.69) is 6.92 Å². The maximum absolute atomic E-state index is 13.2. The van der Waals surface area contributed by atoms with Crippen LogP contribution in [0.5, 0.6) is 0 Å². The quantitative estimate of drug-likeness (QED) is 0.890. The van der Waals surface area contributed by atoms with Crippen molar-refractivity contribution in [2.45, 2.75) is 51.9 Å². The number of halogens is 1. The molecule has 1 aromatic rings. The summed E-state index contributed by atoms with van der Waals surface area (Å²) in [4.78, 5) is 0. The number of nitrogens with two attached hydrogens (primary N) is 1. The predicted molar refractivity (Wildman–Crippen MR) is 70.5 cm³/mol. The van der Waals surface area contributed by atoms with Gasteiger partial charge in [0.2, 0.25) is 0 Å². The monoisotopic (exact) mass is 251 g/mol. The van der Waals surface area contributed by atoms with Crippen LogP contribution in [0.1, 0.15) is 43.7 Å². The lowest BCUT2D eigenvalue weighted by Gasteiger charge is -2.27. The van der Waals surface area contributed by atoms with Crippen LogP contribution in [0.2, 0.25) is 0 Å². The summed E-state index contributed by atoms with van der Waals surface area (Å²) in [5.74, 6) is 0.521. The maximum Gasteiger partial charge on any atom is 0.123 e. The third-order valence-corrected chi connectivity index (χ3v) is 3.75. The van der Waals surface area contributed by atoms with E-state index < -0.39 is 0 Å². The Labute approximate surface area is 108 Å². The summed E-state index contributed by atoms with van der Waals surface area (Å²) in [6.45, 7) is 3.17. The van der Waals surface area contributed by atoms with Crippen LogP contribution in [-0.4, -0.2) is 6.10 Å². The Kier molecular flexibility index (Phi) is 4.72. The van der Waals surface area contributed by atoms with Crippen molar-refractivity contribution in [3.63, 3.8) is 0 Å². The molecule has 1 aliphatic rings. The summed E-state index contributed by atoms with van der Waals surface area (Å²) in [6, 6.07) is 4.74. The van der Waals surface area contributed by atoms with Crippen molar-refractivity contribution >= 4 is 0 Å². The van der Waals surface area contributed by atoms with Crippen LogP contribution in [0, 0.1) is 11.7 Å². The maximum atomic E-state index is 13.2. The van der Waals surface area contributed by atoms with Crippen molar-refractivity contribution in [2.24, 2.45) is 11.7 Å². The number of hydrogen-bond donors (Lipinski definition) is 1. The lowest BCUT2D eigenvalue weighted by molar-refractivity contribution is 0.00429. The molecule has 0 aliphatic heterocycles. The smallest absolute Gasteiger partial charge is 0.123 e. The largest absolute Gasteiger partial charge is 0.374 e. The van der Waals surface area contributed by atoms with E-state index in [4.69, 9.17) is 10.5 Å². The fraction of sp³-hybridized carbons (Fsp3) is 0.600. The Morgan fingerprint density at radius 3 is 2.89 bits per heavy atom. The van der Waals surface area contributed by atoms with Crippen LogP contribution in [-0.2, 0) is 17.9 Å². The summed E-state index contributed by atoms with van der Waals surface area (Å²) in [5, 5.41) is 0. The van der Waals surface area contributed by atoms with Gasteiger partial charge in [-0.3, -0.25) is 0 Å². The minimum atomic E-state index is -0.220. The van der Waals surface area contributed by atoms with Gasteiger partial charge in [0, 0.05) is 6.54 Å². The van der Waals surface area contributed by atoms with Crippen LogP contribution in [0.3, 0.4) is 0 Å². The molecule has 0 saturated heterocycles. The molecule has 0 radical (unpaired) electrons. The van der Waals surface area contributed by atoms with Crippen molar-refractivity contribution in [1.82, 2.24) is 0 Å². The second-order valence-electron chi connectivity index (χ2n) is 5.32. The molecule has 0 amide bonds. The molecular weight excluding hydrogens is 229 g/mol. The van der Waals surface area contributed by atoms with E-state index >= 15 is 0 Å². The van der Waals surface area contributed by atoms with Gasteiger partial charge in [0.15, 0.2) is 0 Å². The van der Waals surface area contributed by atoms with E-state index in [0.717, 1.165) is 29.9 Å². The third-order valence-electron chi connectivity index (χ3n) is 3.75. The van der Waals surface area contributed by atoms with E-state index in [1.807, 2.05) is 0 Å². The Morgan fingerprint density at radius 1 is 1.33 bits per heavy atom. The summed E-state index contributed by atoms with van der Waals surface area (Å²) in [6.07, 6.45) is 5.10. The van der Waals surface area contributed by atoms with Gasteiger partial charge in [-0.1, -0.05) is 25.8 Å². The molecule has 2 rings (SSSR count). The molecule has 0 heterocycles. The van der Waals surface area contributed by atoms with Gasteiger partial charge in [0.1, 0.15) is 5.82 Å². The molecule has 1 aromatic carbocycles. The van der Waals surface area contributed by atoms with Crippen LogP contribution in [0.4, 0.5) is 4.39 Å². The summed E-state index contributed by atoms with van der Waals surface area (Å²) < 4.78 is 19.1. The van der Waals surface area contributed by atoms with Crippen LogP contribution < -0.4 is 5.73 Å². The molecule has 18 heavy (non-hydrogen) atoms. The molecule has 1 fully saturated rings. The van der Waals surface area contributed by atoms with E-state index in [-0.39, 0.29) is 5.82 Å². The molecule has 2 N–H and O–H groups in total. The van der Waals surface area contributed by atoms with Gasteiger partial charge in [-0.15, -0.1) is 0 Å². The Balaban J connectivity index is 1.94. The molecule has 1 aliphatic carbocycles. The summed E-state index contributed by atoms with van der Waals surface area (Å²) >= 11 is 0. The first kappa shape index (κ1) is 13.5. The molecule has 0 aromatic heterocycles. The number of hydrogen-bond acceptors (Lipinski definition) is 2. The van der Waals surface area contributed by atoms with Crippen LogP contribution in [0.15, 0.2) is 18.2 Å². The SMILES string of the molecule is CC1CCCC(OCc2cc(F)ccc2CN)C1. The number of benzene rings is 1. The highest BCUT2D eigenvalue weighted by Gasteiger charge is 2.19. The Morgan fingerprint density at radius 2 is 2.17 bits per heavy atom. The minimum absolute atomic E-state index is 0.220. The highest BCUT2D eigenvalue weighted by atomic mass is 19.1. The topological polar surface area (TPSA) is 35.2 Å². The molecule has 1 saturated carbocycles. The molecule has 2 atom stereocenters. The fourth-order valence-corrected chi connectivity index (χ4v) is 2.67. The molecule has 0 spiro atoms. The van der Waals surface area contributed by atoms with Crippen molar-refractivity contribution < 1.29 is 9.13 Å². The van der Waals surface area contributed by atoms with E-state index in [1.54, 1.807) is 6.07 Å². The van der Waals surface area contributed by atoms with Gasteiger partial charge in [-0.05, 0) is 42.0 Å². The van der Waals surface area contributed by atoms with Crippen molar-refractivity contribution in [3.8, 4) is 0 Å². The molecule has 3 heteroatoms. The van der Waals surface area contributed by atoms with Crippen molar-refractivity contribution in [3.05, 3.63) is 35.1 Å². The zero-order chi connectivity index (χ0) is 13.0. The lowest BCUT2D eigenvalue weighted by Crippen LogP contribution is -2.21. The van der Waals surface area contributed by atoms with Crippen molar-refractivity contribution in [1.29, 1.82) is 0 Å². The van der Waals surface area contributed by atoms with Gasteiger partial charge in [-0.2, -0.15) is 0 Å². The third kappa shape index (κ3) is 3.53. The first-order valence-electron chi connectivity index (χ1n) is 6.78. The van der Waals surface area contributed by atoms with Gasteiger partial charge >= 0.3 is 0 Å². The molecule has 0 bridgehead atoms. The van der Waals surface area contributed by atoms with E-state index in [0.29, 0.717) is 19.3 Å². The predicted octanol–water partition coefficient (Wildman–Crippen LogP) is 3.38. The Bertz CT molecular complexity index is 394. The normalized spacial score (nSPS) is 24.2. The molecular formula is C15H22FNO. The summed E-state index contributed by atoms with van der Waals surface area (Å²) in [5.41, 5.74) is 7.51. The number of ether oxygens (including phenoxy) is 1. The average Bonchev–Trinajstić information content (AvgIpc) is 2.37. The molecule has 2 unspecified atom stereocenters. The van der Waals surface area contributed by atoms with Crippen molar-refractivity contribution in [2.75, 3.05) is 0 Å². The van der Waals surface area contributed by atoms with Gasteiger partial charge in [-0.25, -0.2) is 4.39 Å². The second-order valence-corrected chi connectivity index (χ2v) is 5.32. The minimum Gasteiger partial charge on any atom is -0.374 e. The highest BCUT2D eigenvalue weighted by Crippen LogP contribution is 2.26. The first-order chi connectivity index (χ1) is 8.69. The first-order valence-corrected chi connectivity index (χ1v) is 6.78. The van der Waals surface area contributed by atoms with Gasteiger partial charge < -0.3 is 10.5 Å². The Hall–Kier alpha value is -0.930. The molecule has 100 valence electrons. The summed E-state index contributed by atoms with van der Waals surface area (Å²) in [7, 11) is 0. The standard InChI is InChI=1S/C15H22FNO/c1-11-3-2-4-15(7-11)18-10-13-8-14(16)6-5-12(13)9-17/h5-6,8,11,15H,2-4,7,9-10,17H2,1H3. The number of rotatable bonds is 4. The van der Waals surface area contributed by atoms with Gasteiger partial charge in [0.25, 0.3) is 0 Å². The highest BCUT2D eigenvalue weighted by molar-refractivity contribution is 5.27. The van der Waals surface area contributed by atoms with E-state index in [9.17, 15) is 4.39 Å². The zero-order valence-electron chi connectivity index (χ0n) is 11.0. The van der Waals surface area contributed by atoms with Crippen LogP contribution in [0.25, 0.3) is 0 Å². The lowest BCUT2D eigenvalue weighted by atomic mass is 9.89. The van der Waals surface area contributed by atoms with E-state index in [1.165, 1.54) is 25.0 Å². The second kappa shape index (κ2) is 6.30. The van der Waals surface area contributed by atoms with Gasteiger partial charge in [0.05, 0.1) is 12.7 Å². The fourth-order valence-electron chi connectivity index (χ4n) is 2.67. The average molecular weight is 251 g/mol. The zero-order valence-corrected chi connectivity index (χ0v) is 11.0. The molecule has 2 nitrogen and oxygen atoms in total.